The van der Waals surface area contributed by atoms with Gasteiger partial charge < -0.3 is 10.1 Å². The van der Waals surface area contributed by atoms with Gasteiger partial charge >= 0.3 is 0 Å². The number of ether oxygens (including phenoxy) is 1. The van der Waals surface area contributed by atoms with Crippen LogP contribution >= 0.6 is 23.1 Å². The van der Waals surface area contributed by atoms with E-state index in [0.29, 0.717) is 15.2 Å². The lowest BCUT2D eigenvalue weighted by Crippen LogP contribution is -2.22. The third-order valence-electron chi connectivity index (χ3n) is 3.73. The van der Waals surface area contributed by atoms with Crippen LogP contribution in [0.3, 0.4) is 0 Å². The van der Waals surface area contributed by atoms with Gasteiger partial charge in [0.25, 0.3) is 5.91 Å². The lowest BCUT2D eigenvalue weighted by atomic mass is 10.2. The van der Waals surface area contributed by atoms with E-state index in [-0.39, 0.29) is 23.7 Å². The predicted octanol–water partition coefficient (Wildman–Crippen LogP) is 3.98. The molecule has 0 radical (unpaired) electrons. The third-order valence-corrected chi connectivity index (χ3v) is 5.75. The maximum absolute atomic E-state index is 12.3. The predicted molar refractivity (Wildman–Crippen MR) is 116 cm³/mol. The smallest absolute Gasteiger partial charge is 0.264 e. The Bertz CT molecular complexity index is 961. The first kappa shape index (κ1) is 20.8. The van der Waals surface area contributed by atoms with E-state index < -0.39 is 0 Å². The van der Waals surface area contributed by atoms with E-state index in [1.54, 1.807) is 19.1 Å². The van der Waals surface area contributed by atoms with Gasteiger partial charge in [-0.3, -0.25) is 14.9 Å². The van der Waals surface area contributed by atoms with Gasteiger partial charge in [0.2, 0.25) is 11.0 Å². The Balaban J connectivity index is 1.46. The zero-order valence-electron chi connectivity index (χ0n) is 15.9. The van der Waals surface area contributed by atoms with E-state index in [1.807, 2.05) is 49.4 Å². The Morgan fingerprint density at radius 3 is 2.52 bits per heavy atom. The van der Waals surface area contributed by atoms with Gasteiger partial charge in [-0.15, -0.1) is 10.2 Å². The van der Waals surface area contributed by atoms with Crippen LogP contribution in [0.2, 0.25) is 0 Å². The molecule has 2 amide bonds. The molecule has 2 aromatic carbocycles. The normalized spacial score (nSPS) is 11.5. The minimum atomic E-state index is -0.366. The largest absolute Gasteiger partial charge is 0.484 e. The number of carbonyl (C=O) groups is 2. The summed E-state index contributed by atoms with van der Waals surface area (Å²) >= 11 is 2.49. The Morgan fingerprint density at radius 1 is 1.07 bits per heavy atom. The van der Waals surface area contributed by atoms with Gasteiger partial charge in [0, 0.05) is 5.69 Å². The number of thioether (sulfide) groups is 1. The first-order chi connectivity index (χ1) is 14.0. The van der Waals surface area contributed by atoms with E-state index in [1.165, 1.54) is 23.1 Å². The highest BCUT2D eigenvalue weighted by Gasteiger charge is 2.18. The van der Waals surface area contributed by atoms with E-state index in [4.69, 9.17) is 4.74 Å². The molecule has 0 saturated carbocycles. The molecule has 0 saturated heterocycles. The Labute approximate surface area is 176 Å². The molecule has 0 unspecified atom stereocenters. The van der Waals surface area contributed by atoms with Crippen LogP contribution in [0.15, 0.2) is 58.9 Å². The molecule has 2 N–H and O–H groups in total. The van der Waals surface area contributed by atoms with Crippen LogP contribution in [0.5, 0.6) is 5.75 Å². The number of hydrogen-bond donors (Lipinski definition) is 2. The summed E-state index contributed by atoms with van der Waals surface area (Å²) in [5.41, 5.74) is 1.87. The summed E-state index contributed by atoms with van der Waals surface area (Å²) in [7, 11) is 0. The van der Waals surface area contributed by atoms with Crippen molar-refractivity contribution in [1.29, 1.82) is 0 Å². The lowest BCUT2D eigenvalue weighted by molar-refractivity contribution is -0.118. The highest BCUT2D eigenvalue weighted by atomic mass is 32.2. The van der Waals surface area contributed by atoms with Crippen LogP contribution in [0.4, 0.5) is 10.8 Å². The number of anilines is 2. The Kier molecular flexibility index (Phi) is 7.20. The Hall–Kier alpha value is -2.91. The number of hydrogen-bond acceptors (Lipinski definition) is 7. The molecule has 1 heterocycles. The molecule has 3 aromatic rings. The van der Waals surface area contributed by atoms with E-state index in [9.17, 15) is 9.59 Å². The zero-order valence-corrected chi connectivity index (χ0v) is 17.5. The molecule has 0 spiro atoms. The van der Waals surface area contributed by atoms with Gasteiger partial charge in [-0.25, -0.2) is 0 Å². The molecule has 0 aliphatic carbocycles. The molecular weight excluding hydrogens is 408 g/mol. The van der Waals surface area contributed by atoms with Crippen LogP contribution in [0.1, 0.15) is 12.5 Å². The summed E-state index contributed by atoms with van der Waals surface area (Å²) in [5, 5.41) is 13.5. The Morgan fingerprint density at radius 2 is 1.79 bits per heavy atom. The molecular formula is C20H20N4O3S2. The second kappa shape index (κ2) is 10.0. The van der Waals surface area contributed by atoms with Crippen molar-refractivity contribution in [3.63, 3.8) is 0 Å². The molecule has 150 valence electrons. The first-order valence-electron chi connectivity index (χ1n) is 8.85. The van der Waals surface area contributed by atoms with Crippen LogP contribution in [-0.4, -0.2) is 33.9 Å². The summed E-state index contributed by atoms with van der Waals surface area (Å²) in [5.74, 6) is 0.159. The number of carbonyl (C=O) groups excluding carboxylic acids is 2. The molecule has 9 heteroatoms. The zero-order chi connectivity index (χ0) is 20.6. The highest BCUT2D eigenvalue weighted by Crippen LogP contribution is 2.29. The number of aryl methyl sites for hydroxylation is 1. The average Bonchev–Trinajstić information content (AvgIpc) is 3.15. The summed E-state index contributed by atoms with van der Waals surface area (Å²) in [6, 6.07) is 16.7. The molecule has 1 aromatic heterocycles. The van der Waals surface area contributed by atoms with Gasteiger partial charge in [0.05, 0.1) is 5.25 Å². The van der Waals surface area contributed by atoms with Gasteiger partial charge in [-0.05, 0) is 38.1 Å². The fourth-order valence-electron chi connectivity index (χ4n) is 2.21. The number of benzene rings is 2. The number of rotatable bonds is 8. The number of nitrogens with one attached hydrogen (secondary N) is 2. The van der Waals surface area contributed by atoms with Gasteiger partial charge in [-0.1, -0.05) is 59.0 Å². The summed E-state index contributed by atoms with van der Waals surface area (Å²) in [6.07, 6.45) is 0. The van der Waals surface area contributed by atoms with Gasteiger partial charge in [0.1, 0.15) is 5.75 Å². The number of para-hydroxylation sites is 1. The molecule has 0 fully saturated rings. The van der Waals surface area contributed by atoms with Gasteiger partial charge in [-0.2, -0.15) is 0 Å². The maximum Gasteiger partial charge on any atom is 0.264 e. The van der Waals surface area contributed by atoms with E-state index in [0.717, 1.165) is 11.3 Å². The van der Waals surface area contributed by atoms with Crippen LogP contribution in [0.25, 0.3) is 0 Å². The number of nitrogens with zero attached hydrogens (tertiary/aromatic N) is 2. The highest BCUT2D eigenvalue weighted by molar-refractivity contribution is 8.02. The van der Waals surface area contributed by atoms with E-state index >= 15 is 0 Å². The molecule has 1 atom stereocenters. The topological polar surface area (TPSA) is 93.2 Å². The van der Waals surface area contributed by atoms with Crippen molar-refractivity contribution in [3.8, 4) is 5.75 Å². The fourth-order valence-corrected chi connectivity index (χ4v) is 4.13. The lowest BCUT2D eigenvalue weighted by Gasteiger charge is -2.10. The van der Waals surface area contributed by atoms with Crippen molar-refractivity contribution in [3.05, 3.63) is 60.2 Å². The monoisotopic (exact) mass is 428 g/mol. The van der Waals surface area contributed by atoms with Crippen molar-refractivity contribution >= 4 is 45.7 Å². The van der Waals surface area contributed by atoms with Crippen molar-refractivity contribution in [2.75, 3.05) is 17.2 Å². The van der Waals surface area contributed by atoms with E-state index in [2.05, 4.69) is 20.8 Å². The molecule has 0 aliphatic heterocycles. The van der Waals surface area contributed by atoms with Crippen molar-refractivity contribution in [2.24, 2.45) is 0 Å². The SMILES string of the molecule is Cc1ccc(NC(=O)[C@H](C)Sc2nnc(NC(=O)COc3ccccc3)s2)cc1. The maximum atomic E-state index is 12.3. The fraction of sp³-hybridized carbons (Fsp3) is 0.200. The average molecular weight is 429 g/mol. The van der Waals surface area contributed by atoms with Crippen molar-refractivity contribution in [1.82, 2.24) is 10.2 Å². The first-order valence-corrected chi connectivity index (χ1v) is 10.5. The quantitative estimate of drug-likeness (QED) is 0.416. The van der Waals surface area contributed by atoms with Crippen LogP contribution in [0, 0.1) is 6.92 Å². The van der Waals surface area contributed by atoms with Gasteiger partial charge in [0.15, 0.2) is 10.9 Å². The minimum Gasteiger partial charge on any atom is -0.484 e. The second-order valence-electron chi connectivity index (χ2n) is 6.14. The second-order valence-corrected chi connectivity index (χ2v) is 8.70. The molecule has 29 heavy (non-hydrogen) atoms. The summed E-state index contributed by atoms with van der Waals surface area (Å²) in [6.45, 7) is 3.66. The summed E-state index contributed by atoms with van der Waals surface area (Å²) < 4.78 is 5.99. The number of aromatic nitrogens is 2. The molecule has 7 nitrogen and oxygen atoms in total. The van der Waals surface area contributed by atoms with Crippen LogP contribution < -0.4 is 15.4 Å². The molecule has 0 aliphatic rings. The van der Waals surface area contributed by atoms with Crippen molar-refractivity contribution < 1.29 is 14.3 Å². The summed E-state index contributed by atoms with van der Waals surface area (Å²) in [4.78, 5) is 24.3. The standard InChI is InChI=1S/C20H20N4O3S2/c1-13-8-10-15(11-9-13)21-18(26)14(2)28-20-24-23-19(29-20)22-17(25)12-27-16-6-4-3-5-7-16/h3-11,14H,12H2,1-2H3,(H,21,26)(H,22,23,25)/t14-/m0/s1. The minimum absolute atomic E-state index is 0.124. The number of amides is 2. The third kappa shape index (κ3) is 6.58. The van der Waals surface area contributed by atoms with Crippen molar-refractivity contribution in [2.45, 2.75) is 23.4 Å². The van der Waals surface area contributed by atoms with Crippen LogP contribution in [-0.2, 0) is 9.59 Å². The molecule has 0 bridgehead atoms. The molecule has 3 rings (SSSR count).